The molecule has 2 unspecified atom stereocenters. The highest BCUT2D eigenvalue weighted by molar-refractivity contribution is 7.89. The fourth-order valence-electron chi connectivity index (χ4n) is 3.82. The number of piperidine rings is 1. The van der Waals surface area contributed by atoms with Crippen molar-refractivity contribution in [3.63, 3.8) is 0 Å². The molecule has 0 bridgehead atoms. The minimum absolute atomic E-state index is 0.0438. The van der Waals surface area contributed by atoms with Crippen LogP contribution in [0.2, 0.25) is 0 Å². The highest BCUT2D eigenvalue weighted by Gasteiger charge is 2.34. The molecule has 0 spiro atoms. The lowest BCUT2D eigenvalue weighted by Crippen LogP contribution is -2.41. The summed E-state index contributed by atoms with van der Waals surface area (Å²) in [6.45, 7) is 2.95. The predicted octanol–water partition coefficient (Wildman–Crippen LogP) is 3.21. The summed E-state index contributed by atoms with van der Waals surface area (Å²) in [5.41, 5.74) is 0. The molecule has 1 aromatic rings. The average Bonchev–Trinajstić information content (AvgIpc) is 2.62. The second-order valence-electron chi connectivity index (χ2n) is 7.32. The van der Waals surface area contributed by atoms with Gasteiger partial charge in [0, 0.05) is 13.1 Å². The van der Waals surface area contributed by atoms with Gasteiger partial charge in [0.15, 0.2) is 0 Å². The Morgan fingerprint density at radius 2 is 1.76 bits per heavy atom. The molecule has 0 aromatic heterocycles. The summed E-state index contributed by atoms with van der Waals surface area (Å²) in [5, 5.41) is 0. The van der Waals surface area contributed by atoms with E-state index in [0.29, 0.717) is 36.7 Å². The standard InChI is InChI=1S/C19H27NO4S/c1-15-6-5-7-17(14-15)24-19(21)16-10-12-20(13-11-16)25(22,23)18-8-3-2-4-9-18/h2-4,8-9,15-17H,5-7,10-14H2,1H3. The minimum Gasteiger partial charge on any atom is -0.462 e. The van der Waals surface area contributed by atoms with Crippen LogP contribution in [-0.2, 0) is 19.6 Å². The van der Waals surface area contributed by atoms with E-state index in [-0.39, 0.29) is 18.0 Å². The highest BCUT2D eigenvalue weighted by Crippen LogP contribution is 2.29. The number of rotatable bonds is 4. The van der Waals surface area contributed by atoms with Crippen molar-refractivity contribution in [3.05, 3.63) is 30.3 Å². The normalized spacial score (nSPS) is 26.3. The van der Waals surface area contributed by atoms with Crippen LogP contribution in [0.25, 0.3) is 0 Å². The van der Waals surface area contributed by atoms with Crippen molar-refractivity contribution in [2.24, 2.45) is 11.8 Å². The van der Waals surface area contributed by atoms with Gasteiger partial charge in [-0.3, -0.25) is 4.79 Å². The molecule has 5 nitrogen and oxygen atoms in total. The van der Waals surface area contributed by atoms with Gasteiger partial charge >= 0.3 is 5.97 Å². The van der Waals surface area contributed by atoms with E-state index in [1.807, 2.05) is 0 Å². The topological polar surface area (TPSA) is 63.7 Å². The van der Waals surface area contributed by atoms with Crippen molar-refractivity contribution in [2.75, 3.05) is 13.1 Å². The first kappa shape index (κ1) is 18.4. The maximum Gasteiger partial charge on any atom is 0.309 e. The first-order valence-corrected chi connectivity index (χ1v) is 10.7. The molecule has 138 valence electrons. The lowest BCUT2D eigenvalue weighted by molar-refractivity contribution is -0.157. The van der Waals surface area contributed by atoms with Crippen molar-refractivity contribution in [1.29, 1.82) is 0 Å². The number of carbonyl (C=O) groups is 1. The van der Waals surface area contributed by atoms with Gasteiger partial charge in [-0.1, -0.05) is 31.5 Å². The van der Waals surface area contributed by atoms with E-state index in [1.165, 1.54) is 10.7 Å². The molecule has 3 rings (SSSR count). The van der Waals surface area contributed by atoms with E-state index < -0.39 is 10.0 Å². The Morgan fingerprint density at radius 1 is 1.08 bits per heavy atom. The first-order valence-electron chi connectivity index (χ1n) is 9.22. The van der Waals surface area contributed by atoms with Gasteiger partial charge in [0.1, 0.15) is 6.10 Å². The van der Waals surface area contributed by atoms with E-state index in [9.17, 15) is 13.2 Å². The Morgan fingerprint density at radius 3 is 2.40 bits per heavy atom. The summed E-state index contributed by atoms with van der Waals surface area (Å²) in [6.07, 6.45) is 5.35. The lowest BCUT2D eigenvalue weighted by atomic mass is 9.88. The molecule has 25 heavy (non-hydrogen) atoms. The molecular weight excluding hydrogens is 338 g/mol. The summed E-state index contributed by atoms with van der Waals surface area (Å²) in [6, 6.07) is 8.47. The van der Waals surface area contributed by atoms with Gasteiger partial charge in [0.2, 0.25) is 10.0 Å². The Hall–Kier alpha value is -1.40. The number of hydrogen-bond acceptors (Lipinski definition) is 4. The third kappa shape index (κ3) is 4.42. The number of hydrogen-bond donors (Lipinski definition) is 0. The predicted molar refractivity (Wildman–Crippen MR) is 95.4 cm³/mol. The highest BCUT2D eigenvalue weighted by atomic mass is 32.2. The van der Waals surface area contributed by atoms with Gasteiger partial charge in [-0.05, 0) is 50.2 Å². The molecular formula is C19H27NO4S. The fourth-order valence-corrected chi connectivity index (χ4v) is 5.31. The number of esters is 1. The lowest BCUT2D eigenvalue weighted by Gasteiger charge is -2.32. The van der Waals surface area contributed by atoms with Crippen LogP contribution >= 0.6 is 0 Å². The van der Waals surface area contributed by atoms with Crippen molar-refractivity contribution in [3.8, 4) is 0 Å². The SMILES string of the molecule is CC1CCCC(OC(=O)C2CCN(S(=O)(=O)c3ccccc3)CC2)C1. The number of sulfonamides is 1. The maximum absolute atomic E-state index is 12.6. The van der Waals surface area contributed by atoms with E-state index in [4.69, 9.17) is 4.74 Å². The molecule has 1 aliphatic heterocycles. The zero-order valence-corrected chi connectivity index (χ0v) is 15.6. The third-order valence-corrected chi connectivity index (χ3v) is 7.25. The molecule has 6 heteroatoms. The van der Waals surface area contributed by atoms with Crippen LogP contribution in [0.1, 0.15) is 45.4 Å². The zero-order valence-electron chi connectivity index (χ0n) is 14.8. The summed E-state index contributed by atoms with van der Waals surface area (Å²) in [7, 11) is -3.46. The van der Waals surface area contributed by atoms with Crippen LogP contribution in [-0.4, -0.2) is 37.9 Å². The molecule has 1 saturated heterocycles. The van der Waals surface area contributed by atoms with Gasteiger partial charge in [0.05, 0.1) is 10.8 Å². The van der Waals surface area contributed by atoms with Gasteiger partial charge in [0.25, 0.3) is 0 Å². The molecule has 1 saturated carbocycles. The summed E-state index contributed by atoms with van der Waals surface area (Å²) < 4.78 is 32.4. The van der Waals surface area contributed by atoms with Crippen molar-refractivity contribution in [2.45, 2.75) is 56.4 Å². The molecule has 2 atom stereocenters. The largest absolute Gasteiger partial charge is 0.462 e. The van der Waals surface area contributed by atoms with Crippen LogP contribution in [0.15, 0.2) is 35.2 Å². The van der Waals surface area contributed by atoms with E-state index in [0.717, 1.165) is 19.3 Å². The second-order valence-corrected chi connectivity index (χ2v) is 9.26. The van der Waals surface area contributed by atoms with E-state index in [1.54, 1.807) is 30.3 Å². The van der Waals surface area contributed by atoms with Crippen molar-refractivity contribution >= 4 is 16.0 Å². The Labute approximate surface area is 150 Å². The van der Waals surface area contributed by atoms with E-state index in [2.05, 4.69) is 6.92 Å². The Balaban J connectivity index is 1.54. The third-order valence-electron chi connectivity index (χ3n) is 5.34. The first-order chi connectivity index (χ1) is 12.0. The van der Waals surface area contributed by atoms with Crippen molar-refractivity contribution < 1.29 is 17.9 Å². The maximum atomic E-state index is 12.6. The summed E-state index contributed by atoms with van der Waals surface area (Å²) >= 11 is 0. The van der Waals surface area contributed by atoms with Gasteiger partial charge in [-0.2, -0.15) is 4.31 Å². The average molecular weight is 365 g/mol. The molecule has 0 radical (unpaired) electrons. The Kier molecular flexibility index (Phi) is 5.79. The quantitative estimate of drug-likeness (QED) is 0.769. The molecule has 1 heterocycles. The van der Waals surface area contributed by atoms with E-state index >= 15 is 0 Å². The van der Waals surface area contributed by atoms with Gasteiger partial charge < -0.3 is 4.74 Å². The van der Waals surface area contributed by atoms with Crippen LogP contribution < -0.4 is 0 Å². The minimum atomic E-state index is -3.46. The molecule has 2 fully saturated rings. The molecule has 1 aromatic carbocycles. The number of ether oxygens (including phenoxy) is 1. The zero-order chi connectivity index (χ0) is 17.9. The fraction of sp³-hybridized carbons (Fsp3) is 0.632. The van der Waals surface area contributed by atoms with Gasteiger partial charge in [-0.25, -0.2) is 8.42 Å². The monoisotopic (exact) mass is 365 g/mol. The second kappa shape index (κ2) is 7.87. The van der Waals surface area contributed by atoms with Crippen LogP contribution in [0.5, 0.6) is 0 Å². The number of carbonyl (C=O) groups excluding carboxylic acids is 1. The van der Waals surface area contributed by atoms with Crippen LogP contribution in [0.4, 0.5) is 0 Å². The van der Waals surface area contributed by atoms with Crippen LogP contribution in [0, 0.1) is 11.8 Å². The molecule has 0 N–H and O–H groups in total. The van der Waals surface area contributed by atoms with Gasteiger partial charge in [-0.15, -0.1) is 0 Å². The van der Waals surface area contributed by atoms with Crippen LogP contribution in [0.3, 0.4) is 0 Å². The number of nitrogens with zero attached hydrogens (tertiary/aromatic N) is 1. The summed E-state index contributed by atoms with van der Waals surface area (Å²) in [4.78, 5) is 12.7. The van der Waals surface area contributed by atoms with Crippen molar-refractivity contribution in [1.82, 2.24) is 4.31 Å². The molecule has 2 aliphatic rings. The molecule has 1 aliphatic carbocycles. The smallest absolute Gasteiger partial charge is 0.309 e. The Bertz CT molecular complexity index is 681. The number of benzene rings is 1. The molecule has 0 amide bonds. The summed E-state index contributed by atoms with van der Waals surface area (Å²) in [5.74, 6) is 0.291.